The van der Waals surface area contributed by atoms with Crippen LogP contribution in [-0.2, 0) is 4.79 Å². The van der Waals surface area contributed by atoms with E-state index in [1.54, 1.807) is 12.3 Å². The van der Waals surface area contributed by atoms with Gasteiger partial charge in [0.2, 0.25) is 11.5 Å². The molecule has 0 bridgehead atoms. The number of anilines is 1. The molecule has 1 aromatic carbocycles. The van der Waals surface area contributed by atoms with E-state index in [9.17, 15) is 4.79 Å². The zero-order valence-corrected chi connectivity index (χ0v) is 13.0. The smallest absolute Gasteiger partial charge is 0.347 e. The van der Waals surface area contributed by atoms with Gasteiger partial charge in [0.1, 0.15) is 12.4 Å². The molecule has 2 aromatic rings. The Morgan fingerprint density at radius 3 is 2.78 bits per heavy atom. The largest absolute Gasteiger partial charge is 0.490 e. The standard InChI is InChI=1S/C17H18N2O4/c1-17(2,16(20)21)23-15-6-4-12(10-19-15)11-3-5-13-14(9-11)22-8-7-18-13/h3-6,9-10,18H,7-8H2,1-2H3,(H,20,21). The molecule has 6 nitrogen and oxygen atoms in total. The number of carboxylic acids is 1. The van der Waals surface area contributed by atoms with E-state index in [0.29, 0.717) is 6.61 Å². The van der Waals surface area contributed by atoms with Crippen LogP contribution >= 0.6 is 0 Å². The molecule has 0 radical (unpaired) electrons. The van der Waals surface area contributed by atoms with E-state index in [2.05, 4.69) is 10.3 Å². The Morgan fingerprint density at radius 1 is 1.30 bits per heavy atom. The number of aliphatic carboxylic acids is 1. The van der Waals surface area contributed by atoms with Crippen molar-refractivity contribution in [2.24, 2.45) is 0 Å². The Bertz CT molecular complexity index is 726. The Morgan fingerprint density at radius 2 is 2.09 bits per heavy atom. The van der Waals surface area contributed by atoms with Gasteiger partial charge in [-0.1, -0.05) is 6.07 Å². The highest BCUT2D eigenvalue weighted by Gasteiger charge is 2.29. The molecule has 1 aliphatic heterocycles. The highest BCUT2D eigenvalue weighted by Crippen LogP contribution is 2.32. The lowest BCUT2D eigenvalue weighted by molar-refractivity contribution is -0.152. The molecular weight excluding hydrogens is 296 g/mol. The van der Waals surface area contributed by atoms with Gasteiger partial charge in [-0.3, -0.25) is 0 Å². The molecule has 6 heteroatoms. The molecule has 0 aliphatic carbocycles. The van der Waals surface area contributed by atoms with Gasteiger partial charge >= 0.3 is 5.97 Å². The number of rotatable bonds is 4. The third-order valence-corrected chi connectivity index (χ3v) is 3.60. The molecule has 2 N–H and O–H groups in total. The minimum atomic E-state index is -1.32. The second-order valence-corrected chi connectivity index (χ2v) is 5.79. The van der Waals surface area contributed by atoms with Crippen LogP contribution in [0.25, 0.3) is 11.1 Å². The van der Waals surface area contributed by atoms with E-state index in [-0.39, 0.29) is 5.88 Å². The Labute approximate surface area is 134 Å². The van der Waals surface area contributed by atoms with Crippen LogP contribution in [0.4, 0.5) is 5.69 Å². The Hall–Kier alpha value is -2.76. The fraction of sp³-hybridized carbons (Fsp3) is 0.294. The fourth-order valence-corrected chi connectivity index (χ4v) is 2.23. The third kappa shape index (κ3) is 3.21. The number of carbonyl (C=O) groups is 1. The van der Waals surface area contributed by atoms with Gasteiger partial charge in [-0.05, 0) is 37.6 Å². The summed E-state index contributed by atoms with van der Waals surface area (Å²) in [5.74, 6) is 0.0563. The van der Waals surface area contributed by atoms with Crippen molar-refractivity contribution in [3.63, 3.8) is 0 Å². The highest BCUT2D eigenvalue weighted by molar-refractivity contribution is 5.76. The SMILES string of the molecule is CC(C)(Oc1ccc(-c2ccc3c(c2)OCCN3)cn1)C(=O)O. The average Bonchev–Trinajstić information content (AvgIpc) is 2.54. The number of fused-ring (bicyclic) bond motifs is 1. The van der Waals surface area contributed by atoms with E-state index < -0.39 is 11.6 Å². The summed E-state index contributed by atoms with van der Waals surface area (Å²) in [5.41, 5.74) is 1.54. The zero-order chi connectivity index (χ0) is 16.4. The lowest BCUT2D eigenvalue weighted by Crippen LogP contribution is -2.38. The maximum atomic E-state index is 11.1. The molecule has 23 heavy (non-hydrogen) atoms. The molecule has 1 aliphatic rings. The zero-order valence-electron chi connectivity index (χ0n) is 13.0. The minimum Gasteiger partial charge on any atom is -0.490 e. The first-order chi connectivity index (χ1) is 11.0. The lowest BCUT2D eigenvalue weighted by Gasteiger charge is -2.21. The topological polar surface area (TPSA) is 80.7 Å². The number of aromatic nitrogens is 1. The second-order valence-electron chi connectivity index (χ2n) is 5.79. The Balaban J connectivity index is 1.81. The molecule has 0 amide bonds. The van der Waals surface area contributed by atoms with Crippen LogP contribution in [0, 0.1) is 0 Å². The molecule has 0 spiro atoms. The maximum absolute atomic E-state index is 11.1. The van der Waals surface area contributed by atoms with Crippen molar-refractivity contribution < 1.29 is 19.4 Å². The van der Waals surface area contributed by atoms with Crippen LogP contribution in [0.5, 0.6) is 11.6 Å². The molecule has 0 saturated heterocycles. The first kappa shape index (κ1) is 15.1. The number of ether oxygens (including phenoxy) is 2. The van der Waals surface area contributed by atoms with Crippen molar-refractivity contribution in [3.05, 3.63) is 36.5 Å². The quantitative estimate of drug-likeness (QED) is 0.903. The number of benzene rings is 1. The highest BCUT2D eigenvalue weighted by atomic mass is 16.5. The second kappa shape index (κ2) is 5.79. The molecule has 3 rings (SSSR count). The molecule has 0 fully saturated rings. The monoisotopic (exact) mass is 314 g/mol. The summed E-state index contributed by atoms with van der Waals surface area (Å²) in [6.07, 6.45) is 1.66. The van der Waals surface area contributed by atoms with E-state index >= 15 is 0 Å². The predicted molar refractivity (Wildman–Crippen MR) is 86.0 cm³/mol. The van der Waals surface area contributed by atoms with Crippen LogP contribution in [0.15, 0.2) is 36.5 Å². The van der Waals surface area contributed by atoms with Gasteiger partial charge in [-0.2, -0.15) is 0 Å². The normalized spacial score (nSPS) is 13.5. The van der Waals surface area contributed by atoms with Crippen LogP contribution in [0.3, 0.4) is 0 Å². The number of pyridine rings is 1. The molecule has 0 unspecified atom stereocenters. The number of hydrogen-bond acceptors (Lipinski definition) is 5. The van der Waals surface area contributed by atoms with Crippen LogP contribution < -0.4 is 14.8 Å². The number of hydrogen-bond donors (Lipinski definition) is 2. The molecule has 0 atom stereocenters. The summed E-state index contributed by atoms with van der Waals surface area (Å²) >= 11 is 0. The van der Waals surface area contributed by atoms with Gasteiger partial charge in [0.25, 0.3) is 0 Å². The first-order valence-corrected chi connectivity index (χ1v) is 7.35. The third-order valence-electron chi connectivity index (χ3n) is 3.60. The first-order valence-electron chi connectivity index (χ1n) is 7.35. The van der Waals surface area contributed by atoms with Crippen molar-refractivity contribution >= 4 is 11.7 Å². The summed E-state index contributed by atoms with van der Waals surface area (Å²) in [4.78, 5) is 15.3. The number of carboxylic acid groups (broad SMARTS) is 1. The van der Waals surface area contributed by atoms with Crippen molar-refractivity contribution in [1.29, 1.82) is 0 Å². The molecule has 2 heterocycles. The average molecular weight is 314 g/mol. The molecule has 0 saturated carbocycles. The van der Waals surface area contributed by atoms with E-state index in [0.717, 1.165) is 29.1 Å². The van der Waals surface area contributed by atoms with Crippen LogP contribution in [0.2, 0.25) is 0 Å². The Kier molecular flexibility index (Phi) is 3.82. The van der Waals surface area contributed by atoms with Gasteiger partial charge in [0.05, 0.1) is 5.69 Å². The van der Waals surface area contributed by atoms with E-state index in [1.807, 2.05) is 24.3 Å². The molecular formula is C17H18N2O4. The summed E-state index contributed by atoms with van der Waals surface area (Å²) in [7, 11) is 0. The van der Waals surface area contributed by atoms with Crippen molar-refractivity contribution in [2.45, 2.75) is 19.4 Å². The summed E-state index contributed by atoms with van der Waals surface area (Å²) < 4.78 is 11.0. The van der Waals surface area contributed by atoms with Gasteiger partial charge in [-0.25, -0.2) is 9.78 Å². The van der Waals surface area contributed by atoms with Gasteiger partial charge < -0.3 is 19.9 Å². The van der Waals surface area contributed by atoms with Crippen molar-refractivity contribution in [2.75, 3.05) is 18.5 Å². The summed E-state index contributed by atoms with van der Waals surface area (Å²) in [6.45, 7) is 4.42. The summed E-state index contributed by atoms with van der Waals surface area (Å²) in [6, 6.07) is 9.43. The molecule has 1 aromatic heterocycles. The van der Waals surface area contributed by atoms with Gasteiger partial charge in [0.15, 0.2) is 0 Å². The number of nitrogens with one attached hydrogen (secondary N) is 1. The fourth-order valence-electron chi connectivity index (χ4n) is 2.23. The van der Waals surface area contributed by atoms with E-state index in [1.165, 1.54) is 13.8 Å². The van der Waals surface area contributed by atoms with Crippen LogP contribution in [0.1, 0.15) is 13.8 Å². The minimum absolute atomic E-state index is 0.275. The van der Waals surface area contributed by atoms with Gasteiger partial charge in [0, 0.05) is 24.4 Å². The van der Waals surface area contributed by atoms with E-state index in [4.69, 9.17) is 14.6 Å². The maximum Gasteiger partial charge on any atom is 0.347 e. The van der Waals surface area contributed by atoms with Crippen molar-refractivity contribution in [3.8, 4) is 22.8 Å². The predicted octanol–water partition coefficient (Wildman–Crippen LogP) is 2.79. The number of nitrogens with zero attached hydrogens (tertiary/aromatic N) is 1. The summed E-state index contributed by atoms with van der Waals surface area (Å²) in [5, 5.41) is 12.3. The van der Waals surface area contributed by atoms with Crippen molar-refractivity contribution in [1.82, 2.24) is 4.98 Å². The molecule has 120 valence electrons. The van der Waals surface area contributed by atoms with Gasteiger partial charge in [-0.15, -0.1) is 0 Å². The lowest BCUT2D eigenvalue weighted by atomic mass is 10.1. The van der Waals surface area contributed by atoms with Crippen LogP contribution in [-0.4, -0.2) is 34.8 Å².